The number of nitrogens with zero attached hydrogens (tertiary/aromatic N) is 2. The number of sulfonamides is 1. The van der Waals surface area contributed by atoms with E-state index in [-0.39, 0.29) is 44.2 Å². The van der Waals surface area contributed by atoms with Gasteiger partial charge in [-0.05, 0) is 87.6 Å². The van der Waals surface area contributed by atoms with E-state index in [0.29, 0.717) is 21.3 Å². The summed E-state index contributed by atoms with van der Waals surface area (Å²) in [7, 11) is -3.60. The molecule has 232 valence electrons. The Hall–Kier alpha value is -3.07. The molecule has 3 aromatic carbocycles. The molecule has 2 amide bonds. The topological polar surface area (TPSA) is 86.8 Å². The molecule has 0 saturated heterocycles. The molecule has 0 heterocycles. The third-order valence-electron chi connectivity index (χ3n) is 7.06. The number of anilines is 1. The lowest BCUT2D eigenvalue weighted by Crippen LogP contribution is -2.54. The first-order valence-corrected chi connectivity index (χ1v) is 16.8. The minimum atomic E-state index is -3.60. The van der Waals surface area contributed by atoms with Crippen molar-refractivity contribution in [2.75, 3.05) is 17.1 Å². The molecule has 0 radical (unpaired) electrons. The minimum absolute atomic E-state index is 0.0240. The molecule has 0 aromatic heterocycles. The van der Waals surface area contributed by atoms with Crippen molar-refractivity contribution in [3.63, 3.8) is 0 Å². The number of halogens is 2. The van der Waals surface area contributed by atoms with Gasteiger partial charge < -0.3 is 10.2 Å². The van der Waals surface area contributed by atoms with Crippen LogP contribution in [0.25, 0.3) is 0 Å². The quantitative estimate of drug-likeness (QED) is 0.237. The number of amides is 2. The number of rotatable bonds is 12. The van der Waals surface area contributed by atoms with E-state index in [1.807, 2.05) is 77.1 Å². The molecule has 0 saturated carbocycles. The molecule has 7 nitrogen and oxygen atoms in total. The molecular weight excluding hydrogens is 605 g/mol. The third kappa shape index (κ3) is 10.3. The van der Waals surface area contributed by atoms with E-state index in [1.165, 1.54) is 4.31 Å². The van der Waals surface area contributed by atoms with Crippen molar-refractivity contribution in [1.82, 2.24) is 10.2 Å². The van der Waals surface area contributed by atoms with Crippen LogP contribution < -0.4 is 9.62 Å². The van der Waals surface area contributed by atoms with Gasteiger partial charge in [0.2, 0.25) is 21.8 Å². The number of benzene rings is 3. The van der Waals surface area contributed by atoms with Crippen LogP contribution >= 0.6 is 23.2 Å². The van der Waals surface area contributed by atoms with Gasteiger partial charge in [0.25, 0.3) is 0 Å². The highest BCUT2D eigenvalue weighted by Gasteiger charge is 2.32. The van der Waals surface area contributed by atoms with Gasteiger partial charge in [-0.3, -0.25) is 13.9 Å². The van der Waals surface area contributed by atoms with Gasteiger partial charge in [0.15, 0.2) is 0 Å². The summed E-state index contributed by atoms with van der Waals surface area (Å²) in [5, 5.41) is 3.89. The Morgan fingerprint density at radius 3 is 2.19 bits per heavy atom. The maximum atomic E-state index is 14.0. The summed E-state index contributed by atoms with van der Waals surface area (Å²) >= 11 is 12.7. The predicted molar refractivity (Wildman–Crippen MR) is 176 cm³/mol. The monoisotopic (exact) mass is 645 g/mol. The highest BCUT2D eigenvalue weighted by atomic mass is 35.5. The number of aryl methyl sites for hydroxylation is 2. The van der Waals surface area contributed by atoms with Crippen LogP contribution in [0, 0.1) is 13.8 Å². The van der Waals surface area contributed by atoms with E-state index in [2.05, 4.69) is 5.32 Å². The third-order valence-corrected chi connectivity index (χ3v) is 8.84. The number of carbonyl (C=O) groups excluding carboxylic acids is 2. The van der Waals surface area contributed by atoms with Crippen LogP contribution in [0.1, 0.15) is 55.9 Å². The molecule has 0 fully saturated rings. The number of hydrogen-bond acceptors (Lipinski definition) is 4. The zero-order chi connectivity index (χ0) is 31.9. The Labute approximate surface area is 266 Å². The van der Waals surface area contributed by atoms with Crippen LogP contribution in [0.4, 0.5) is 5.69 Å². The first kappa shape index (κ1) is 34.4. The summed E-state index contributed by atoms with van der Waals surface area (Å²) in [4.78, 5) is 29.3. The van der Waals surface area contributed by atoms with E-state index in [0.717, 1.165) is 22.9 Å². The maximum absolute atomic E-state index is 14.0. The normalized spacial score (nSPS) is 12.5. The van der Waals surface area contributed by atoms with Gasteiger partial charge in [-0.1, -0.05) is 65.7 Å². The molecule has 0 unspecified atom stereocenters. The molecule has 1 atom stereocenters. The number of carbonyl (C=O) groups is 2. The van der Waals surface area contributed by atoms with Gasteiger partial charge >= 0.3 is 0 Å². The number of hydrogen-bond donors (Lipinski definition) is 1. The van der Waals surface area contributed by atoms with Crippen LogP contribution in [0.3, 0.4) is 0 Å². The Morgan fingerprint density at radius 1 is 0.930 bits per heavy atom. The van der Waals surface area contributed by atoms with Crippen molar-refractivity contribution < 1.29 is 18.0 Å². The first-order valence-electron chi connectivity index (χ1n) is 14.2. The summed E-state index contributed by atoms with van der Waals surface area (Å²) in [6.45, 7) is 9.75. The molecular formula is C33H41Cl2N3O4S. The lowest BCUT2D eigenvalue weighted by Gasteiger charge is -2.34. The standard InChI is InChI=1S/C33H41Cl2N3O4S/c1-23-14-17-28(19-24(23)2)38(43(6,41)42)18-10-13-31(39)37(22-26-15-16-27(34)21-29(26)35)30(32(40)36-33(3,4)5)20-25-11-8-7-9-12-25/h7-9,11-12,14-17,19,21,30H,10,13,18,20,22H2,1-6H3,(H,36,40)/t30-/m1/s1. The second-order valence-electron chi connectivity index (χ2n) is 11.9. The van der Waals surface area contributed by atoms with Crippen molar-refractivity contribution in [3.8, 4) is 0 Å². The van der Waals surface area contributed by atoms with E-state index < -0.39 is 21.6 Å². The molecule has 10 heteroatoms. The van der Waals surface area contributed by atoms with E-state index in [4.69, 9.17) is 23.2 Å². The average Bonchev–Trinajstić information content (AvgIpc) is 2.90. The van der Waals surface area contributed by atoms with Crippen molar-refractivity contribution in [1.29, 1.82) is 0 Å². The van der Waals surface area contributed by atoms with Gasteiger partial charge in [0.05, 0.1) is 11.9 Å². The van der Waals surface area contributed by atoms with E-state index in [1.54, 1.807) is 29.2 Å². The largest absolute Gasteiger partial charge is 0.350 e. The molecule has 43 heavy (non-hydrogen) atoms. The summed E-state index contributed by atoms with van der Waals surface area (Å²) in [5.74, 6) is -0.577. The Morgan fingerprint density at radius 2 is 1.60 bits per heavy atom. The SMILES string of the molecule is Cc1ccc(N(CCCC(=O)N(Cc2ccc(Cl)cc2Cl)[C@H](Cc2ccccc2)C(=O)NC(C)(C)C)S(C)(=O)=O)cc1C. The molecule has 0 spiro atoms. The summed E-state index contributed by atoms with van der Waals surface area (Å²) in [5.41, 5.74) is 3.60. The zero-order valence-corrected chi connectivity index (χ0v) is 28.0. The molecule has 0 aliphatic heterocycles. The van der Waals surface area contributed by atoms with E-state index >= 15 is 0 Å². The van der Waals surface area contributed by atoms with Gasteiger partial charge in [0.1, 0.15) is 6.04 Å². The van der Waals surface area contributed by atoms with Crippen molar-refractivity contribution in [2.45, 2.75) is 72.0 Å². The van der Waals surface area contributed by atoms with Crippen LogP contribution in [-0.2, 0) is 32.6 Å². The van der Waals surface area contributed by atoms with Crippen LogP contribution in [0.2, 0.25) is 10.0 Å². The Balaban J connectivity index is 1.94. The van der Waals surface area contributed by atoms with Crippen LogP contribution in [-0.4, -0.2) is 49.5 Å². The lowest BCUT2D eigenvalue weighted by atomic mass is 10.00. The Bertz CT molecular complexity index is 1540. The second-order valence-corrected chi connectivity index (χ2v) is 14.7. The van der Waals surface area contributed by atoms with E-state index in [9.17, 15) is 18.0 Å². The molecule has 1 N–H and O–H groups in total. The summed E-state index contributed by atoms with van der Waals surface area (Å²) in [6, 6.07) is 19.2. The minimum Gasteiger partial charge on any atom is -0.350 e. The highest BCUT2D eigenvalue weighted by Crippen LogP contribution is 2.26. The van der Waals surface area contributed by atoms with Crippen molar-refractivity contribution >= 4 is 50.7 Å². The van der Waals surface area contributed by atoms with Crippen molar-refractivity contribution in [3.05, 3.63) is 99.0 Å². The second kappa shape index (κ2) is 14.6. The van der Waals surface area contributed by atoms with Crippen LogP contribution in [0.15, 0.2) is 66.7 Å². The fraction of sp³-hybridized carbons (Fsp3) is 0.394. The fourth-order valence-electron chi connectivity index (χ4n) is 4.72. The van der Waals surface area contributed by atoms with Crippen molar-refractivity contribution in [2.24, 2.45) is 0 Å². The van der Waals surface area contributed by atoms with Gasteiger partial charge in [0, 0.05) is 41.5 Å². The molecule has 0 aliphatic rings. The Kier molecular flexibility index (Phi) is 11.7. The average molecular weight is 647 g/mol. The van der Waals surface area contributed by atoms with Crippen LogP contribution in [0.5, 0.6) is 0 Å². The first-order chi connectivity index (χ1) is 20.0. The summed E-state index contributed by atoms with van der Waals surface area (Å²) < 4.78 is 26.8. The molecule has 0 aliphatic carbocycles. The highest BCUT2D eigenvalue weighted by molar-refractivity contribution is 7.92. The molecule has 0 bridgehead atoms. The smallest absolute Gasteiger partial charge is 0.243 e. The molecule has 3 rings (SSSR count). The number of nitrogens with one attached hydrogen (secondary N) is 1. The van der Waals surface area contributed by atoms with Gasteiger partial charge in [-0.15, -0.1) is 0 Å². The maximum Gasteiger partial charge on any atom is 0.243 e. The molecule has 3 aromatic rings. The lowest BCUT2D eigenvalue weighted by molar-refractivity contribution is -0.142. The fourth-order valence-corrected chi connectivity index (χ4v) is 6.15. The summed E-state index contributed by atoms with van der Waals surface area (Å²) in [6.07, 6.45) is 1.72. The predicted octanol–water partition coefficient (Wildman–Crippen LogP) is 6.71. The zero-order valence-electron chi connectivity index (χ0n) is 25.7. The van der Waals surface area contributed by atoms with Gasteiger partial charge in [-0.25, -0.2) is 8.42 Å². The van der Waals surface area contributed by atoms with Gasteiger partial charge in [-0.2, -0.15) is 0 Å².